The van der Waals surface area contributed by atoms with E-state index in [0.717, 1.165) is 31.4 Å². The number of nitrogens with zero attached hydrogens (tertiary/aromatic N) is 5. The van der Waals surface area contributed by atoms with Gasteiger partial charge in [-0.15, -0.1) is 11.8 Å². The van der Waals surface area contributed by atoms with Gasteiger partial charge in [0.05, 0.1) is 11.1 Å². The van der Waals surface area contributed by atoms with Crippen molar-refractivity contribution in [1.29, 1.82) is 5.26 Å². The third-order valence-electron chi connectivity index (χ3n) is 5.21. The Morgan fingerprint density at radius 2 is 2.00 bits per heavy atom. The van der Waals surface area contributed by atoms with Crippen LogP contribution in [0.4, 0.5) is 0 Å². The first-order valence-corrected chi connectivity index (χ1v) is 10.4. The van der Waals surface area contributed by atoms with Gasteiger partial charge in [0.15, 0.2) is 5.82 Å². The number of thioether (sulfide) groups is 1. The van der Waals surface area contributed by atoms with Crippen molar-refractivity contribution in [3.8, 4) is 6.07 Å². The van der Waals surface area contributed by atoms with Crippen LogP contribution in [0, 0.1) is 18.3 Å². The first kappa shape index (κ1) is 18.0. The first-order chi connectivity index (χ1) is 13.1. The maximum absolute atomic E-state index is 13.2. The van der Waals surface area contributed by atoms with E-state index in [-0.39, 0.29) is 11.8 Å². The van der Waals surface area contributed by atoms with Gasteiger partial charge < -0.3 is 9.42 Å². The molecule has 27 heavy (non-hydrogen) atoms. The number of carbonyl (C=O) groups is 1. The maximum atomic E-state index is 13.2. The van der Waals surface area contributed by atoms with E-state index in [1.54, 1.807) is 6.92 Å². The molecule has 2 fully saturated rings. The molecular formula is C19H21N5O2S. The van der Waals surface area contributed by atoms with Gasteiger partial charge in [-0.2, -0.15) is 10.2 Å². The third kappa shape index (κ3) is 3.56. The lowest BCUT2D eigenvalue weighted by Gasteiger charge is -2.30. The molecule has 0 aromatic carbocycles. The van der Waals surface area contributed by atoms with Crippen molar-refractivity contribution in [2.45, 2.75) is 49.5 Å². The Morgan fingerprint density at radius 3 is 2.56 bits per heavy atom. The van der Waals surface area contributed by atoms with Gasteiger partial charge in [-0.3, -0.25) is 4.79 Å². The van der Waals surface area contributed by atoms with E-state index in [0.29, 0.717) is 46.9 Å². The number of carbonyl (C=O) groups excluding carboxylic acids is 1. The molecule has 8 heteroatoms. The highest BCUT2D eigenvalue weighted by Gasteiger charge is 2.32. The number of hydrogen-bond acceptors (Lipinski definition) is 7. The summed E-state index contributed by atoms with van der Waals surface area (Å²) in [6.07, 6.45) is 5.67. The second kappa shape index (κ2) is 7.31. The van der Waals surface area contributed by atoms with E-state index < -0.39 is 0 Å². The van der Waals surface area contributed by atoms with Crippen LogP contribution in [0.25, 0.3) is 0 Å². The van der Waals surface area contributed by atoms with Crippen LogP contribution in [0.15, 0.2) is 15.6 Å². The molecule has 7 nitrogen and oxygen atoms in total. The monoisotopic (exact) mass is 383 g/mol. The van der Waals surface area contributed by atoms with Crippen LogP contribution in [-0.4, -0.2) is 45.3 Å². The van der Waals surface area contributed by atoms with Gasteiger partial charge in [0.25, 0.3) is 5.91 Å². The number of nitriles is 1. The molecule has 2 aromatic rings. The number of rotatable bonds is 4. The number of amides is 1. The van der Waals surface area contributed by atoms with E-state index in [4.69, 9.17) is 4.52 Å². The van der Waals surface area contributed by atoms with E-state index in [2.05, 4.69) is 21.2 Å². The van der Waals surface area contributed by atoms with Gasteiger partial charge >= 0.3 is 0 Å². The molecule has 3 heterocycles. The van der Waals surface area contributed by atoms with Crippen molar-refractivity contribution in [2.24, 2.45) is 0 Å². The predicted octanol–water partition coefficient (Wildman–Crippen LogP) is 3.26. The van der Waals surface area contributed by atoms with Gasteiger partial charge in [0.1, 0.15) is 11.1 Å². The zero-order chi connectivity index (χ0) is 19.0. The number of hydrogen-bond donors (Lipinski definition) is 0. The number of likely N-dealkylation sites (tertiary alicyclic amines) is 1. The summed E-state index contributed by atoms with van der Waals surface area (Å²) in [6, 6.07) is 4.03. The highest BCUT2D eigenvalue weighted by atomic mass is 32.2. The molecule has 1 saturated heterocycles. The van der Waals surface area contributed by atoms with Crippen molar-refractivity contribution in [3.63, 3.8) is 0 Å². The van der Waals surface area contributed by atoms with Crippen LogP contribution >= 0.6 is 11.8 Å². The Labute approximate surface area is 162 Å². The molecule has 0 bridgehead atoms. The molecule has 2 aliphatic rings. The maximum Gasteiger partial charge on any atom is 0.255 e. The molecule has 1 aliphatic heterocycles. The Morgan fingerprint density at radius 1 is 1.26 bits per heavy atom. The fraction of sp³-hybridized carbons (Fsp3) is 0.526. The Kier molecular flexibility index (Phi) is 4.87. The zero-order valence-corrected chi connectivity index (χ0v) is 16.3. The van der Waals surface area contributed by atoms with Crippen molar-refractivity contribution in [2.75, 3.05) is 19.3 Å². The molecule has 140 valence electrons. The Hall–Kier alpha value is -2.40. The highest BCUT2D eigenvalue weighted by Crippen LogP contribution is 2.41. The summed E-state index contributed by atoms with van der Waals surface area (Å²) in [5.41, 5.74) is 1.83. The van der Waals surface area contributed by atoms with Crippen molar-refractivity contribution in [1.82, 2.24) is 20.0 Å². The van der Waals surface area contributed by atoms with Crippen molar-refractivity contribution >= 4 is 17.7 Å². The number of aryl methyl sites for hydroxylation is 1. The lowest BCUT2D eigenvalue weighted by atomic mass is 9.95. The minimum atomic E-state index is -0.0775. The topological polar surface area (TPSA) is 95.9 Å². The summed E-state index contributed by atoms with van der Waals surface area (Å²) in [6.45, 7) is 3.04. The fourth-order valence-corrected chi connectivity index (χ4v) is 4.09. The highest BCUT2D eigenvalue weighted by molar-refractivity contribution is 7.98. The number of pyridine rings is 1. The molecule has 1 aliphatic carbocycles. The third-order valence-corrected chi connectivity index (χ3v) is 5.89. The molecule has 1 saturated carbocycles. The molecule has 0 atom stereocenters. The quantitative estimate of drug-likeness (QED) is 0.748. The van der Waals surface area contributed by atoms with Gasteiger partial charge in [-0.1, -0.05) is 5.16 Å². The standard InChI is InChI=1S/C19H21N5O2S/c1-11-21-17(26-23-11)13-5-7-24(8-6-13)19(25)14-9-16(12-3-4-12)22-18(27-2)15(14)10-20/h9,12-13H,3-8H2,1-2H3. The minimum absolute atomic E-state index is 0.0775. The minimum Gasteiger partial charge on any atom is -0.339 e. The van der Waals surface area contributed by atoms with Crippen LogP contribution in [0.2, 0.25) is 0 Å². The molecule has 0 N–H and O–H groups in total. The summed E-state index contributed by atoms with van der Waals surface area (Å²) in [5.74, 6) is 1.83. The van der Waals surface area contributed by atoms with E-state index in [9.17, 15) is 10.1 Å². The van der Waals surface area contributed by atoms with E-state index in [1.165, 1.54) is 11.8 Å². The summed E-state index contributed by atoms with van der Waals surface area (Å²) in [7, 11) is 0. The van der Waals surface area contributed by atoms with Crippen LogP contribution < -0.4 is 0 Å². The molecule has 4 rings (SSSR count). The molecule has 2 aromatic heterocycles. The van der Waals surface area contributed by atoms with Gasteiger partial charge in [-0.25, -0.2) is 4.98 Å². The average molecular weight is 383 g/mol. The van der Waals surface area contributed by atoms with E-state index in [1.807, 2.05) is 17.2 Å². The largest absolute Gasteiger partial charge is 0.339 e. The van der Waals surface area contributed by atoms with Gasteiger partial charge in [0.2, 0.25) is 5.89 Å². The summed E-state index contributed by atoms with van der Waals surface area (Å²) >= 11 is 1.43. The second-order valence-electron chi connectivity index (χ2n) is 7.11. The smallest absolute Gasteiger partial charge is 0.255 e. The molecule has 0 unspecified atom stereocenters. The van der Waals surface area contributed by atoms with Crippen molar-refractivity contribution < 1.29 is 9.32 Å². The van der Waals surface area contributed by atoms with Gasteiger partial charge in [-0.05, 0) is 44.9 Å². The Balaban J connectivity index is 1.54. The Bertz CT molecular complexity index is 907. The summed E-state index contributed by atoms with van der Waals surface area (Å²) in [4.78, 5) is 23.9. The molecular weight excluding hydrogens is 362 g/mol. The zero-order valence-electron chi connectivity index (χ0n) is 15.4. The fourth-order valence-electron chi connectivity index (χ4n) is 3.53. The molecule has 1 amide bonds. The van der Waals surface area contributed by atoms with Crippen LogP contribution in [0.5, 0.6) is 0 Å². The van der Waals surface area contributed by atoms with Crippen LogP contribution in [0.1, 0.15) is 70.8 Å². The predicted molar refractivity (Wildman–Crippen MR) is 99.6 cm³/mol. The lowest BCUT2D eigenvalue weighted by Crippen LogP contribution is -2.38. The molecule has 0 spiro atoms. The lowest BCUT2D eigenvalue weighted by molar-refractivity contribution is 0.0703. The number of aromatic nitrogens is 3. The van der Waals surface area contributed by atoms with Crippen molar-refractivity contribution in [3.05, 3.63) is 34.6 Å². The number of piperidine rings is 1. The van der Waals surface area contributed by atoms with Crippen LogP contribution in [0.3, 0.4) is 0 Å². The summed E-state index contributed by atoms with van der Waals surface area (Å²) < 4.78 is 5.28. The van der Waals surface area contributed by atoms with Gasteiger partial charge in [0, 0.05) is 30.6 Å². The summed E-state index contributed by atoms with van der Waals surface area (Å²) in [5, 5.41) is 14.1. The normalized spacial score (nSPS) is 17.7. The van der Waals surface area contributed by atoms with Crippen LogP contribution in [-0.2, 0) is 0 Å². The van der Waals surface area contributed by atoms with E-state index >= 15 is 0 Å². The first-order valence-electron chi connectivity index (χ1n) is 9.19. The second-order valence-corrected chi connectivity index (χ2v) is 7.91. The average Bonchev–Trinajstić information content (AvgIpc) is 3.47. The molecule has 0 radical (unpaired) electrons. The SMILES string of the molecule is CSc1nc(C2CC2)cc(C(=O)N2CCC(c3nc(C)no3)CC2)c1C#N.